The zero-order valence-corrected chi connectivity index (χ0v) is 11.0. The molecular formula is C14H17NO2S. The first-order chi connectivity index (χ1) is 8.62. The third-order valence-corrected chi connectivity index (χ3v) is 5.59. The summed E-state index contributed by atoms with van der Waals surface area (Å²) in [4.78, 5) is 3.20. The van der Waals surface area contributed by atoms with E-state index in [0.717, 1.165) is 24.8 Å². The summed E-state index contributed by atoms with van der Waals surface area (Å²) in [6, 6.07) is 8.39. The number of fused-ring (bicyclic) bond motifs is 1. The van der Waals surface area contributed by atoms with Gasteiger partial charge in [-0.3, -0.25) is 0 Å². The van der Waals surface area contributed by atoms with Crippen molar-refractivity contribution in [2.75, 3.05) is 11.5 Å². The van der Waals surface area contributed by atoms with Crippen LogP contribution in [0.2, 0.25) is 0 Å². The molecule has 0 amide bonds. The summed E-state index contributed by atoms with van der Waals surface area (Å²) in [5.41, 5.74) is 2.36. The Balaban J connectivity index is 1.79. The van der Waals surface area contributed by atoms with Crippen LogP contribution in [-0.4, -0.2) is 24.9 Å². The number of benzene rings is 1. The number of hydrogen-bond acceptors (Lipinski definition) is 2. The summed E-state index contributed by atoms with van der Waals surface area (Å²) in [6.07, 6.45) is 4.65. The Morgan fingerprint density at radius 2 is 2.17 bits per heavy atom. The molecule has 4 heteroatoms. The molecule has 1 fully saturated rings. The van der Waals surface area contributed by atoms with E-state index < -0.39 is 9.84 Å². The highest BCUT2D eigenvalue weighted by Gasteiger charge is 2.24. The Hall–Kier alpha value is -1.29. The van der Waals surface area contributed by atoms with Crippen molar-refractivity contribution in [3.63, 3.8) is 0 Å². The topological polar surface area (TPSA) is 49.9 Å². The van der Waals surface area contributed by atoms with E-state index in [9.17, 15) is 8.42 Å². The predicted octanol–water partition coefficient (Wildman–Crippen LogP) is 2.54. The highest BCUT2D eigenvalue weighted by molar-refractivity contribution is 7.91. The van der Waals surface area contributed by atoms with Crippen molar-refractivity contribution < 1.29 is 8.42 Å². The molecule has 1 aromatic heterocycles. The lowest BCUT2D eigenvalue weighted by Crippen LogP contribution is -2.26. The molecule has 1 saturated heterocycles. The second-order valence-corrected chi connectivity index (χ2v) is 7.45. The van der Waals surface area contributed by atoms with E-state index >= 15 is 0 Å². The molecule has 0 unspecified atom stereocenters. The number of sulfone groups is 1. The highest BCUT2D eigenvalue weighted by atomic mass is 32.2. The van der Waals surface area contributed by atoms with Gasteiger partial charge in [-0.25, -0.2) is 8.42 Å². The van der Waals surface area contributed by atoms with Crippen LogP contribution in [0.1, 0.15) is 18.4 Å². The van der Waals surface area contributed by atoms with E-state index in [2.05, 4.69) is 23.2 Å². The Bertz CT molecular complexity index is 657. The number of hydrogen-bond donors (Lipinski definition) is 1. The largest absolute Gasteiger partial charge is 0.361 e. The number of rotatable bonds is 2. The fourth-order valence-electron chi connectivity index (χ4n) is 2.83. The van der Waals surface area contributed by atoms with Gasteiger partial charge in [0, 0.05) is 11.7 Å². The van der Waals surface area contributed by atoms with Crippen molar-refractivity contribution in [1.82, 2.24) is 4.98 Å². The molecule has 0 aliphatic carbocycles. The van der Waals surface area contributed by atoms with Crippen LogP contribution < -0.4 is 0 Å². The molecule has 1 aliphatic heterocycles. The molecule has 2 heterocycles. The van der Waals surface area contributed by atoms with Gasteiger partial charge < -0.3 is 4.98 Å². The Kier molecular flexibility index (Phi) is 2.90. The van der Waals surface area contributed by atoms with E-state index in [-0.39, 0.29) is 5.92 Å². The van der Waals surface area contributed by atoms with E-state index in [1.807, 2.05) is 12.3 Å². The van der Waals surface area contributed by atoms with Crippen LogP contribution in [-0.2, 0) is 16.3 Å². The van der Waals surface area contributed by atoms with Gasteiger partial charge >= 0.3 is 0 Å². The van der Waals surface area contributed by atoms with E-state index in [0.29, 0.717) is 11.5 Å². The molecule has 96 valence electrons. The van der Waals surface area contributed by atoms with Crippen molar-refractivity contribution in [2.45, 2.75) is 19.3 Å². The molecule has 0 bridgehead atoms. The summed E-state index contributed by atoms with van der Waals surface area (Å²) >= 11 is 0. The Morgan fingerprint density at radius 3 is 3.00 bits per heavy atom. The lowest BCUT2D eigenvalue weighted by molar-refractivity contribution is 0.484. The molecule has 1 N–H and O–H groups in total. The molecule has 3 rings (SSSR count). The van der Waals surface area contributed by atoms with Gasteiger partial charge in [0.1, 0.15) is 0 Å². The molecule has 0 saturated carbocycles. The van der Waals surface area contributed by atoms with Crippen LogP contribution >= 0.6 is 0 Å². The first-order valence-corrected chi connectivity index (χ1v) is 8.21. The lowest BCUT2D eigenvalue weighted by Gasteiger charge is -2.21. The van der Waals surface area contributed by atoms with Crippen LogP contribution in [0.5, 0.6) is 0 Å². The third kappa shape index (κ3) is 2.43. The standard InChI is InChI=1S/C14H17NO2S/c16-18(17)7-1-2-12(10-18)8-11-3-4-13-5-6-15-14(13)9-11/h3-6,9,12,15H,1-2,7-8,10H2/t12-/m1/s1. The fourth-order valence-corrected chi connectivity index (χ4v) is 4.61. The van der Waals surface area contributed by atoms with Gasteiger partial charge in [0.05, 0.1) is 11.5 Å². The average Bonchev–Trinajstić information content (AvgIpc) is 2.74. The normalized spacial score (nSPS) is 23.2. The SMILES string of the molecule is O=S1(=O)CCC[C@H](Cc2ccc3cc[nH]c3c2)C1. The van der Waals surface area contributed by atoms with Gasteiger partial charge in [0.25, 0.3) is 0 Å². The maximum Gasteiger partial charge on any atom is 0.150 e. The van der Waals surface area contributed by atoms with E-state index in [1.54, 1.807) is 0 Å². The predicted molar refractivity (Wildman–Crippen MR) is 73.4 cm³/mol. The van der Waals surface area contributed by atoms with Gasteiger partial charge in [-0.05, 0) is 48.3 Å². The minimum absolute atomic E-state index is 0.288. The summed E-state index contributed by atoms with van der Waals surface area (Å²) in [5, 5.41) is 1.20. The average molecular weight is 263 g/mol. The molecule has 1 aromatic carbocycles. The Labute approximate surface area is 107 Å². The summed E-state index contributed by atoms with van der Waals surface area (Å²) in [7, 11) is -2.79. The van der Waals surface area contributed by atoms with E-state index in [1.165, 1.54) is 10.9 Å². The molecule has 1 atom stereocenters. The first kappa shape index (κ1) is 11.8. The second-order valence-electron chi connectivity index (χ2n) is 5.23. The summed E-state index contributed by atoms with van der Waals surface area (Å²) < 4.78 is 23.2. The quantitative estimate of drug-likeness (QED) is 0.905. The number of aromatic amines is 1. The molecule has 2 aromatic rings. The van der Waals surface area contributed by atoms with Crippen molar-refractivity contribution >= 4 is 20.7 Å². The smallest absolute Gasteiger partial charge is 0.150 e. The van der Waals surface area contributed by atoms with Crippen LogP contribution in [0.15, 0.2) is 30.5 Å². The zero-order valence-electron chi connectivity index (χ0n) is 10.2. The lowest BCUT2D eigenvalue weighted by atomic mass is 9.96. The zero-order chi connectivity index (χ0) is 12.6. The minimum Gasteiger partial charge on any atom is -0.361 e. The second kappa shape index (κ2) is 4.43. The number of nitrogens with one attached hydrogen (secondary N) is 1. The maximum atomic E-state index is 11.6. The van der Waals surface area contributed by atoms with Crippen molar-refractivity contribution in [3.05, 3.63) is 36.0 Å². The van der Waals surface area contributed by atoms with Gasteiger partial charge in [0.2, 0.25) is 0 Å². The third-order valence-electron chi connectivity index (χ3n) is 3.70. The highest BCUT2D eigenvalue weighted by Crippen LogP contribution is 2.24. The molecule has 3 nitrogen and oxygen atoms in total. The molecule has 1 aliphatic rings. The molecular weight excluding hydrogens is 246 g/mol. The van der Waals surface area contributed by atoms with Gasteiger partial charge in [-0.1, -0.05) is 12.1 Å². The first-order valence-electron chi connectivity index (χ1n) is 6.39. The molecule has 0 radical (unpaired) electrons. The Morgan fingerprint density at radius 1 is 1.28 bits per heavy atom. The van der Waals surface area contributed by atoms with Crippen LogP contribution in [0.4, 0.5) is 0 Å². The van der Waals surface area contributed by atoms with Gasteiger partial charge in [-0.15, -0.1) is 0 Å². The van der Waals surface area contributed by atoms with Crippen molar-refractivity contribution in [3.8, 4) is 0 Å². The number of H-pyrrole nitrogens is 1. The summed E-state index contributed by atoms with van der Waals surface area (Å²) in [5.74, 6) is 1.02. The monoisotopic (exact) mass is 263 g/mol. The van der Waals surface area contributed by atoms with Crippen molar-refractivity contribution in [2.24, 2.45) is 5.92 Å². The van der Waals surface area contributed by atoms with E-state index in [4.69, 9.17) is 0 Å². The number of aromatic nitrogens is 1. The van der Waals surface area contributed by atoms with Crippen LogP contribution in [0.25, 0.3) is 10.9 Å². The van der Waals surface area contributed by atoms with Gasteiger partial charge in [0.15, 0.2) is 9.84 Å². The van der Waals surface area contributed by atoms with Crippen LogP contribution in [0, 0.1) is 5.92 Å². The van der Waals surface area contributed by atoms with Crippen molar-refractivity contribution in [1.29, 1.82) is 0 Å². The maximum absolute atomic E-state index is 11.6. The van der Waals surface area contributed by atoms with Gasteiger partial charge in [-0.2, -0.15) is 0 Å². The minimum atomic E-state index is -2.79. The molecule has 18 heavy (non-hydrogen) atoms. The fraction of sp³-hybridized carbons (Fsp3) is 0.429. The van der Waals surface area contributed by atoms with Crippen LogP contribution in [0.3, 0.4) is 0 Å². The summed E-state index contributed by atoms with van der Waals surface area (Å²) in [6.45, 7) is 0. The molecule has 0 spiro atoms.